The van der Waals surface area contributed by atoms with E-state index in [1.54, 1.807) is 5.57 Å². The Balaban J connectivity index is 1.05. The Hall–Kier alpha value is -10.4. The molecule has 0 radical (unpaired) electrons. The topological polar surface area (TPSA) is 13.0 Å². The van der Waals surface area contributed by atoms with Crippen LogP contribution in [0.3, 0.4) is 0 Å². The SMILES string of the molecule is Cc1ccc(N(c2ccccc2)c2ccc3c(c2)-c2ccc(N(c4ccccc4)c4ccc(C)cc4)cc2-c2ccc(N(c4ccc(C)cc4)c4ccc(C=C5CCCCC5)cc4)cc2-c2ccc(N(c4ccccc4)c4ccc(C)cc4)cc2-3)cc1. The van der Waals surface area contributed by atoms with Gasteiger partial charge in [0.15, 0.2) is 0 Å². The molecule has 0 aliphatic heterocycles. The van der Waals surface area contributed by atoms with E-state index in [2.05, 4.69) is 338 Å². The van der Waals surface area contributed by atoms with Gasteiger partial charge in [-0.1, -0.05) is 180 Å². The van der Waals surface area contributed by atoms with E-state index >= 15 is 0 Å². The molecule has 1 saturated carbocycles. The van der Waals surface area contributed by atoms with Crippen LogP contribution in [0, 0.1) is 27.7 Å². The van der Waals surface area contributed by atoms with Crippen LogP contribution in [-0.2, 0) is 0 Å². The first-order chi connectivity index (χ1) is 42.8. The van der Waals surface area contributed by atoms with Crippen LogP contribution in [0.15, 0.2) is 291 Å². The molecule has 0 saturated heterocycles. The summed E-state index contributed by atoms with van der Waals surface area (Å²) >= 11 is 0. The molecule has 0 N–H and O–H groups in total. The average molecular weight is 1120 g/mol. The fourth-order valence-electron chi connectivity index (χ4n) is 12.9. The highest BCUT2D eigenvalue weighted by atomic mass is 15.2. The van der Waals surface area contributed by atoms with E-state index < -0.39 is 0 Å². The lowest BCUT2D eigenvalue weighted by molar-refractivity contribution is 0.602. The summed E-state index contributed by atoms with van der Waals surface area (Å²) in [6.07, 6.45) is 8.71. The minimum Gasteiger partial charge on any atom is -0.310 e. The van der Waals surface area contributed by atoms with Crippen molar-refractivity contribution in [3.8, 4) is 44.5 Å². The summed E-state index contributed by atoms with van der Waals surface area (Å²) in [6, 6.07) is 106. The Kier molecular flexibility index (Phi) is 15.0. The molecule has 0 bridgehead atoms. The second kappa shape index (κ2) is 23.9. The molecular weight excluding hydrogens is 1050 g/mol. The lowest BCUT2D eigenvalue weighted by Crippen LogP contribution is -2.12. The number of para-hydroxylation sites is 3. The van der Waals surface area contributed by atoms with Crippen LogP contribution < -0.4 is 19.6 Å². The van der Waals surface area contributed by atoms with Crippen LogP contribution in [0.25, 0.3) is 50.6 Å². The Bertz CT molecular complexity index is 4310. The molecule has 422 valence electrons. The van der Waals surface area contributed by atoms with E-state index in [0.29, 0.717) is 0 Å². The zero-order valence-corrected chi connectivity index (χ0v) is 50.0. The quantitative estimate of drug-likeness (QED) is 0.114. The summed E-state index contributed by atoms with van der Waals surface area (Å²) in [5, 5.41) is 0. The van der Waals surface area contributed by atoms with E-state index in [0.717, 1.165) is 113 Å². The maximum atomic E-state index is 2.46. The van der Waals surface area contributed by atoms with Crippen molar-refractivity contribution in [1.82, 2.24) is 0 Å². The van der Waals surface area contributed by atoms with Gasteiger partial charge in [0.25, 0.3) is 0 Å². The zero-order valence-electron chi connectivity index (χ0n) is 50.0. The molecule has 4 heteroatoms. The fourth-order valence-corrected chi connectivity index (χ4v) is 12.9. The van der Waals surface area contributed by atoms with Crippen molar-refractivity contribution in [3.63, 3.8) is 0 Å². The zero-order chi connectivity index (χ0) is 58.8. The highest BCUT2D eigenvalue weighted by molar-refractivity contribution is 6.07. The summed E-state index contributed by atoms with van der Waals surface area (Å²) in [6.45, 7) is 8.64. The number of benzene rings is 12. The minimum atomic E-state index is 1.07. The van der Waals surface area contributed by atoms with Gasteiger partial charge in [-0.25, -0.2) is 0 Å². The van der Waals surface area contributed by atoms with Crippen molar-refractivity contribution in [3.05, 3.63) is 319 Å². The number of nitrogens with zero attached hydrogens (tertiary/aromatic N) is 4. The standard InChI is InChI=1S/C83H70N4/c1-58-25-35-67(36-26-58)84(64-19-11-6-12-20-64)72-45-49-76-80(54-72)77-50-46-73(85(65-21-13-7-14-22-65)68-37-27-59(2)28-38-68)56-82(77)79-52-48-75(87(70-41-31-61(4)32-42-70)71-43-33-63(34-44-71)53-62-17-9-5-10-18-62)57-83(79)78-51-47-74(55-81(76)78)86(66-23-15-8-16-24-66)69-39-29-60(3)30-40-69/h6-8,11-16,19-57H,5,9-10,17-18H2,1-4H3. The fraction of sp³-hybridized carbons (Fsp3) is 0.108. The molecule has 0 aromatic heterocycles. The molecule has 87 heavy (non-hydrogen) atoms. The molecule has 0 spiro atoms. The van der Waals surface area contributed by atoms with Crippen LogP contribution in [0.1, 0.15) is 59.9 Å². The Morgan fingerprint density at radius 3 is 0.713 bits per heavy atom. The van der Waals surface area contributed by atoms with Crippen molar-refractivity contribution in [2.45, 2.75) is 59.8 Å². The minimum absolute atomic E-state index is 1.07. The monoisotopic (exact) mass is 1120 g/mol. The number of hydrogen-bond acceptors (Lipinski definition) is 4. The predicted molar refractivity (Wildman–Crippen MR) is 370 cm³/mol. The van der Waals surface area contributed by atoms with Gasteiger partial charge in [-0.3, -0.25) is 0 Å². The van der Waals surface area contributed by atoms with E-state index in [4.69, 9.17) is 0 Å². The molecule has 2 aliphatic rings. The average Bonchev–Trinajstić information content (AvgIpc) is 1.50. The number of rotatable bonds is 13. The van der Waals surface area contributed by atoms with Gasteiger partial charge >= 0.3 is 0 Å². The number of aryl methyl sites for hydroxylation is 4. The van der Waals surface area contributed by atoms with Crippen LogP contribution in [0.5, 0.6) is 0 Å². The number of allylic oxidation sites excluding steroid dienone is 1. The third-order valence-corrected chi connectivity index (χ3v) is 17.4. The molecule has 12 aromatic rings. The van der Waals surface area contributed by atoms with Gasteiger partial charge in [0, 0.05) is 68.2 Å². The van der Waals surface area contributed by atoms with Crippen molar-refractivity contribution in [1.29, 1.82) is 0 Å². The molecule has 14 rings (SSSR count). The molecule has 4 nitrogen and oxygen atoms in total. The highest BCUT2D eigenvalue weighted by Gasteiger charge is 2.28. The summed E-state index contributed by atoms with van der Waals surface area (Å²) in [4.78, 5) is 9.63. The largest absolute Gasteiger partial charge is 0.310 e. The molecule has 12 aromatic carbocycles. The third-order valence-electron chi connectivity index (χ3n) is 17.4. The second-order valence-corrected chi connectivity index (χ2v) is 23.6. The van der Waals surface area contributed by atoms with Crippen molar-refractivity contribution >= 4 is 74.3 Å². The molecule has 0 heterocycles. The normalized spacial score (nSPS) is 12.3. The summed E-state index contributed by atoms with van der Waals surface area (Å²) in [5.41, 5.74) is 29.9. The highest BCUT2D eigenvalue weighted by Crippen LogP contribution is 2.54. The lowest BCUT2D eigenvalue weighted by atomic mass is 9.80. The second-order valence-electron chi connectivity index (χ2n) is 23.6. The molecular formula is C83H70N4. The van der Waals surface area contributed by atoms with Crippen LogP contribution >= 0.6 is 0 Å². The first kappa shape index (κ1) is 54.5. The van der Waals surface area contributed by atoms with Gasteiger partial charge in [0.2, 0.25) is 0 Å². The van der Waals surface area contributed by atoms with E-state index in [1.165, 1.54) is 59.9 Å². The van der Waals surface area contributed by atoms with Gasteiger partial charge in [-0.05, 0) is 249 Å². The van der Waals surface area contributed by atoms with Gasteiger partial charge in [-0.15, -0.1) is 0 Å². The predicted octanol–water partition coefficient (Wildman–Crippen LogP) is 24.1. The lowest BCUT2D eigenvalue weighted by Gasteiger charge is -2.32. The summed E-state index contributed by atoms with van der Waals surface area (Å²) in [5.74, 6) is 0. The Morgan fingerprint density at radius 2 is 0.448 bits per heavy atom. The molecule has 1 fully saturated rings. The van der Waals surface area contributed by atoms with E-state index in [1.807, 2.05) is 0 Å². The van der Waals surface area contributed by atoms with Gasteiger partial charge in [-0.2, -0.15) is 0 Å². The van der Waals surface area contributed by atoms with Crippen LogP contribution in [0.2, 0.25) is 0 Å². The molecule has 2 aliphatic carbocycles. The van der Waals surface area contributed by atoms with Crippen molar-refractivity contribution in [2.24, 2.45) is 0 Å². The van der Waals surface area contributed by atoms with Crippen molar-refractivity contribution < 1.29 is 0 Å². The van der Waals surface area contributed by atoms with E-state index in [9.17, 15) is 0 Å². The Labute approximate surface area is 513 Å². The number of anilines is 12. The summed E-state index contributed by atoms with van der Waals surface area (Å²) in [7, 11) is 0. The first-order valence-electron chi connectivity index (χ1n) is 30.8. The van der Waals surface area contributed by atoms with Gasteiger partial charge in [0.05, 0.1) is 0 Å². The molecule has 0 unspecified atom stereocenters. The van der Waals surface area contributed by atoms with E-state index in [-0.39, 0.29) is 0 Å². The maximum Gasteiger partial charge on any atom is 0.0468 e. The van der Waals surface area contributed by atoms with Gasteiger partial charge < -0.3 is 19.6 Å². The molecule has 0 amide bonds. The number of hydrogen-bond donors (Lipinski definition) is 0. The van der Waals surface area contributed by atoms with Crippen molar-refractivity contribution in [2.75, 3.05) is 19.6 Å². The van der Waals surface area contributed by atoms with Gasteiger partial charge in [0.1, 0.15) is 0 Å². The third kappa shape index (κ3) is 11.1. The Morgan fingerprint density at radius 1 is 0.218 bits per heavy atom. The van der Waals surface area contributed by atoms with Crippen LogP contribution in [-0.4, -0.2) is 0 Å². The first-order valence-corrected chi connectivity index (χ1v) is 30.8. The maximum absolute atomic E-state index is 2.46. The molecule has 0 atom stereocenters. The number of fused-ring (bicyclic) bond motifs is 8. The van der Waals surface area contributed by atoms with Crippen LogP contribution in [0.4, 0.5) is 68.2 Å². The smallest absolute Gasteiger partial charge is 0.0468 e. The summed E-state index contributed by atoms with van der Waals surface area (Å²) < 4.78 is 0.